The molecule has 0 bridgehead atoms. The number of carbonyl (C=O) groups is 3. The molecule has 0 aromatic carbocycles. The Morgan fingerprint density at radius 1 is 1.33 bits per heavy atom. The van der Waals surface area contributed by atoms with E-state index >= 15 is 0 Å². The molecule has 0 spiro atoms. The van der Waals surface area contributed by atoms with Crippen molar-refractivity contribution in [1.82, 2.24) is 10.2 Å². The van der Waals surface area contributed by atoms with E-state index in [-0.39, 0.29) is 12.5 Å². The van der Waals surface area contributed by atoms with Crippen molar-refractivity contribution < 1.29 is 24.6 Å². The van der Waals surface area contributed by atoms with Gasteiger partial charge in [0.15, 0.2) is 6.04 Å². The molecule has 1 fully saturated rings. The molecule has 0 aromatic rings. The monoisotopic (exact) mass is 216 g/mol. The summed E-state index contributed by atoms with van der Waals surface area (Å²) in [6.45, 7) is 1.39. The maximum atomic E-state index is 10.9. The fraction of sp³-hybridized carbons (Fsp3) is 0.625. The lowest BCUT2D eigenvalue weighted by molar-refractivity contribution is -0.142. The van der Waals surface area contributed by atoms with E-state index < -0.39 is 24.1 Å². The summed E-state index contributed by atoms with van der Waals surface area (Å²) < 4.78 is 0. The molecule has 0 unspecified atom stereocenters. The second-order valence-corrected chi connectivity index (χ2v) is 3.35. The molecule has 0 radical (unpaired) electrons. The lowest BCUT2D eigenvalue weighted by atomic mass is 10.1. The van der Waals surface area contributed by atoms with Crippen LogP contribution in [0.25, 0.3) is 0 Å². The van der Waals surface area contributed by atoms with Crippen LogP contribution in [0.2, 0.25) is 0 Å². The van der Waals surface area contributed by atoms with Crippen molar-refractivity contribution in [3.63, 3.8) is 0 Å². The highest BCUT2D eigenvalue weighted by Crippen LogP contribution is 2.18. The number of rotatable bonds is 2. The van der Waals surface area contributed by atoms with Crippen LogP contribution in [0.15, 0.2) is 0 Å². The Bertz CT molecular complexity index is 303. The van der Waals surface area contributed by atoms with E-state index in [2.05, 4.69) is 5.32 Å². The third-order valence-corrected chi connectivity index (χ3v) is 2.29. The van der Waals surface area contributed by atoms with Crippen molar-refractivity contribution in [1.29, 1.82) is 0 Å². The van der Waals surface area contributed by atoms with Crippen LogP contribution in [-0.4, -0.2) is 51.7 Å². The fourth-order valence-corrected chi connectivity index (χ4v) is 1.72. The summed E-state index contributed by atoms with van der Waals surface area (Å²) in [5.41, 5.74) is 0. The number of nitrogens with zero attached hydrogens (tertiary/aromatic N) is 1. The summed E-state index contributed by atoms with van der Waals surface area (Å²) in [4.78, 5) is 33.1. The lowest BCUT2D eigenvalue weighted by Gasteiger charge is -2.22. The van der Waals surface area contributed by atoms with Crippen LogP contribution in [0.4, 0.5) is 4.79 Å². The van der Waals surface area contributed by atoms with Gasteiger partial charge in [0, 0.05) is 13.5 Å². The van der Waals surface area contributed by atoms with Gasteiger partial charge >= 0.3 is 12.1 Å². The zero-order valence-electron chi connectivity index (χ0n) is 8.14. The van der Waals surface area contributed by atoms with E-state index in [1.54, 1.807) is 0 Å². The average molecular weight is 216 g/mol. The molecular formula is C8H12N2O5. The summed E-state index contributed by atoms with van der Waals surface area (Å²) in [7, 11) is 0. The molecular weight excluding hydrogens is 204 g/mol. The van der Waals surface area contributed by atoms with Gasteiger partial charge in [0.25, 0.3) is 0 Å². The normalized spacial score (nSPS) is 25.0. The second-order valence-electron chi connectivity index (χ2n) is 3.35. The summed E-state index contributed by atoms with van der Waals surface area (Å²) >= 11 is 0. The summed E-state index contributed by atoms with van der Waals surface area (Å²) in [6, 6.07) is -1.83. The standard InChI is InChI=1S/C8H12N2O5/c1-4(11)9-5-2-3-10(8(14)15)6(5)7(12)13/h5-6H,2-3H2,1H3,(H,9,11)(H,12,13)(H,14,15)/t5-,6+/m1/s1. The predicted molar refractivity (Wildman–Crippen MR) is 48.4 cm³/mol. The molecule has 1 saturated heterocycles. The topological polar surface area (TPSA) is 107 Å². The Morgan fingerprint density at radius 3 is 2.33 bits per heavy atom. The molecule has 1 aliphatic rings. The van der Waals surface area contributed by atoms with E-state index in [0.29, 0.717) is 6.42 Å². The van der Waals surface area contributed by atoms with Gasteiger partial charge in [0.1, 0.15) is 0 Å². The smallest absolute Gasteiger partial charge is 0.408 e. The van der Waals surface area contributed by atoms with Gasteiger partial charge in [0.2, 0.25) is 5.91 Å². The number of amides is 2. The predicted octanol–water partition coefficient (Wildman–Crippen LogP) is -0.672. The minimum atomic E-state index is -1.28. The van der Waals surface area contributed by atoms with E-state index in [1.807, 2.05) is 0 Å². The van der Waals surface area contributed by atoms with Crippen molar-refractivity contribution in [2.45, 2.75) is 25.4 Å². The van der Waals surface area contributed by atoms with Crippen LogP contribution in [0.5, 0.6) is 0 Å². The summed E-state index contributed by atoms with van der Waals surface area (Å²) in [6.07, 6.45) is -0.960. The molecule has 7 heteroatoms. The minimum absolute atomic E-state index is 0.122. The maximum Gasteiger partial charge on any atom is 0.408 e. The highest BCUT2D eigenvalue weighted by Gasteiger charge is 2.42. The first kappa shape index (κ1) is 11.3. The largest absolute Gasteiger partial charge is 0.480 e. The van der Waals surface area contributed by atoms with Gasteiger partial charge < -0.3 is 15.5 Å². The quantitative estimate of drug-likeness (QED) is 0.567. The summed E-state index contributed by atoms with van der Waals surface area (Å²) in [5, 5.41) is 20.0. The van der Waals surface area contributed by atoms with E-state index in [0.717, 1.165) is 4.90 Å². The number of hydrogen-bond acceptors (Lipinski definition) is 3. The number of likely N-dealkylation sites (tertiary alicyclic amines) is 1. The van der Waals surface area contributed by atoms with Crippen LogP contribution in [0, 0.1) is 0 Å². The third kappa shape index (κ3) is 2.36. The first-order valence-corrected chi connectivity index (χ1v) is 4.43. The minimum Gasteiger partial charge on any atom is -0.480 e. The zero-order chi connectivity index (χ0) is 11.6. The molecule has 1 rings (SSSR count). The highest BCUT2D eigenvalue weighted by atomic mass is 16.4. The molecule has 0 saturated carbocycles. The number of nitrogens with one attached hydrogen (secondary N) is 1. The number of aliphatic carboxylic acids is 1. The van der Waals surface area contributed by atoms with E-state index in [9.17, 15) is 14.4 Å². The van der Waals surface area contributed by atoms with Crippen LogP contribution >= 0.6 is 0 Å². The first-order valence-electron chi connectivity index (χ1n) is 4.43. The van der Waals surface area contributed by atoms with Gasteiger partial charge in [-0.15, -0.1) is 0 Å². The van der Waals surface area contributed by atoms with Crippen LogP contribution < -0.4 is 5.32 Å². The molecule has 15 heavy (non-hydrogen) atoms. The van der Waals surface area contributed by atoms with Crippen molar-refractivity contribution in [3.8, 4) is 0 Å². The SMILES string of the molecule is CC(=O)N[C@@H]1CCN(C(=O)O)[C@@H]1C(=O)O. The van der Waals surface area contributed by atoms with Gasteiger partial charge in [-0.25, -0.2) is 9.59 Å². The van der Waals surface area contributed by atoms with Crippen LogP contribution in [-0.2, 0) is 9.59 Å². The number of carboxylic acid groups (broad SMARTS) is 2. The van der Waals surface area contributed by atoms with Gasteiger partial charge in [-0.05, 0) is 6.42 Å². The Balaban J connectivity index is 2.79. The molecule has 1 aliphatic heterocycles. The van der Waals surface area contributed by atoms with E-state index in [4.69, 9.17) is 10.2 Å². The molecule has 84 valence electrons. The van der Waals surface area contributed by atoms with Gasteiger partial charge in [-0.3, -0.25) is 9.69 Å². The number of carboxylic acids is 1. The fourth-order valence-electron chi connectivity index (χ4n) is 1.72. The van der Waals surface area contributed by atoms with Gasteiger partial charge in [-0.2, -0.15) is 0 Å². The van der Waals surface area contributed by atoms with Crippen LogP contribution in [0.3, 0.4) is 0 Å². The van der Waals surface area contributed by atoms with Gasteiger partial charge in [0.05, 0.1) is 6.04 Å². The molecule has 0 aliphatic carbocycles. The molecule has 2 amide bonds. The maximum absolute atomic E-state index is 10.9. The third-order valence-electron chi connectivity index (χ3n) is 2.29. The molecule has 1 heterocycles. The van der Waals surface area contributed by atoms with Crippen molar-refractivity contribution in [2.24, 2.45) is 0 Å². The van der Waals surface area contributed by atoms with Crippen molar-refractivity contribution >= 4 is 18.0 Å². The Kier molecular flexibility index (Phi) is 3.13. The van der Waals surface area contributed by atoms with Gasteiger partial charge in [-0.1, -0.05) is 0 Å². The Labute approximate surface area is 85.7 Å². The number of carbonyl (C=O) groups excluding carboxylic acids is 1. The number of hydrogen-bond donors (Lipinski definition) is 3. The lowest BCUT2D eigenvalue weighted by Crippen LogP contribution is -2.50. The molecule has 0 aromatic heterocycles. The Morgan fingerprint density at radius 2 is 1.93 bits per heavy atom. The van der Waals surface area contributed by atoms with Crippen LogP contribution in [0.1, 0.15) is 13.3 Å². The second kappa shape index (κ2) is 4.16. The van der Waals surface area contributed by atoms with E-state index in [1.165, 1.54) is 6.92 Å². The Hall–Kier alpha value is -1.79. The molecule has 7 nitrogen and oxygen atoms in total. The zero-order valence-corrected chi connectivity index (χ0v) is 8.14. The highest BCUT2D eigenvalue weighted by molar-refractivity contribution is 5.82. The first-order chi connectivity index (χ1) is 6.93. The summed E-state index contributed by atoms with van der Waals surface area (Å²) in [5.74, 6) is -1.60. The van der Waals surface area contributed by atoms with Crippen molar-refractivity contribution in [2.75, 3.05) is 6.54 Å². The average Bonchev–Trinajstić information content (AvgIpc) is 2.46. The molecule has 2 atom stereocenters. The van der Waals surface area contributed by atoms with Crippen molar-refractivity contribution in [3.05, 3.63) is 0 Å². The molecule has 3 N–H and O–H groups in total.